The van der Waals surface area contributed by atoms with Gasteiger partial charge in [-0.2, -0.15) is 0 Å². The average molecular weight is 485 g/mol. The third kappa shape index (κ3) is 4.49. The topological polar surface area (TPSA) is 34.9 Å². The zero-order valence-corrected chi connectivity index (χ0v) is 19.5. The van der Waals surface area contributed by atoms with Gasteiger partial charge in [-0.3, -0.25) is 9.36 Å². The number of thiophene rings is 1. The predicted molar refractivity (Wildman–Crippen MR) is 128 cm³/mol. The van der Waals surface area contributed by atoms with E-state index in [4.69, 9.17) is 4.98 Å². The summed E-state index contributed by atoms with van der Waals surface area (Å²) in [5.41, 5.74) is 4.41. The van der Waals surface area contributed by atoms with Crippen molar-refractivity contribution in [3.05, 3.63) is 80.6 Å². The molecule has 0 bridgehead atoms. The summed E-state index contributed by atoms with van der Waals surface area (Å²) in [4.78, 5) is 19.2. The van der Waals surface area contributed by atoms with Crippen LogP contribution >= 0.6 is 39.0 Å². The Bertz CT molecular complexity index is 1210. The maximum Gasteiger partial charge on any atom is 0.272 e. The molecule has 0 saturated carbocycles. The van der Waals surface area contributed by atoms with Gasteiger partial charge < -0.3 is 0 Å². The standard InChI is InChI=1S/C23H21BrN2OS2/c1-3-11-26-22(27)21-19(13-20(29-21)17-9-7-15(2)8-10-17)25-23(26)28-14-16-5-4-6-18(24)12-16/h4-10,12-13H,3,11,14H2,1-2H3. The van der Waals surface area contributed by atoms with E-state index in [1.54, 1.807) is 11.8 Å². The Kier molecular flexibility index (Phi) is 6.23. The Morgan fingerprint density at radius 2 is 1.93 bits per heavy atom. The minimum atomic E-state index is 0.0666. The summed E-state index contributed by atoms with van der Waals surface area (Å²) < 4.78 is 3.63. The molecule has 2 heterocycles. The van der Waals surface area contributed by atoms with Crippen LogP contribution in [0.15, 0.2) is 69.0 Å². The lowest BCUT2D eigenvalue weighted by Crippen LogP contribution is -2.22. The lowest BCUT2D eigenvalue weighted by atomic mass is 10.1. The number of halogens is 1. The number of thioether (sulfide) groups is 1. The summed E-state index contributed by atoms with van der Waals surface area (Å²) in [6.07, 6.45) is 0.897. The van der Waals surface area contributed by atoms with Crippen LogP contribution in [0.3, 0.4) is 0 Å². The molecular weight excluding hydrogens is 464 g/mol. The van der Waals surface area contributed by atoms with Gasteiger partial charge in [-0.05, 0) is 42.7 Å². The van der Waals surface area contributed by atoms with Crippen molar-refractivity contribution < 1.29 is 0 Å². The first-order chi connectivity index (χ1) is 14.0. The van der Waals surface area contributed by atoms with Crippen LogP contribution in [0.4, 0.5) is 0 Å². The monoisotopic (exact) mass is 484 g/mol. The van der Waals surface area contributed by atoms with Crippen LogP contribution in [-0.2, 0) is 12.3 Å². The molecule has 0 spiro atoms. The molecule has 29 heavy (non-hydrogen) atoms. The van der Waals surface area contributed by atoms with Crippen molar-refractivity contribution >= 4 is 49.2 Å². The van der Waals surface area contributed by atoms with E-state index >= 15 is 0 Å². The quantitative estimate of drug-likeness (QED) is 0.220. The molecule has 0 N–H and O–H groups in total. The van der Waals surface area contributed by atoms with Gasteiger partial charge in [-0.1, -0.05) is 76.6 Å². The SMILES string of the molecule is CCCn1c(SCc2cccc(Br)c2)nc2cc(-c3ccc(C)cc3)sc2c1=O. The third-order valence-electron chi connectivity index (χ3n) is 4.64. The van der Waals surface area contributed by atoms with Crippen LogP contribution in [0.5, 0.6) is 0 Å². The Morgan fingerprint density at radius 3 is 2.66 bits per heavy atom. The number of aromatic nitrogens is 2. The van der Waals surface area contributed by atoms with Gasteiger partial charge in [-0.25, -0.2) is 4.98 Å². The fourth-order valence-electron chi connectivity index (χ4n) is 3.16. The van der Waals surface area contributed by atoms with Crippen molar-refractivity contribution in [2.75, 3.05) is 0 Å². The minimum Gasteiger partial charge on any atom is -0.286 e. The number of rotatable bonds is 6. The first-order valence-electron chi connectivity index (χ1n) is 9.54. The van der Waals surface area contributed by atoms with E-state index in [9.17, 15) is 4.79 Å². The molecule has 2 aromatic heterocycles. The summed E-state index contributed by atoms with van der Waals surface area (Å²) in [6, 6.07) is 18.7. The maximum atomic E-state index is 13.2. The molecule has 0 aliphatic carbocycles. The van der Waals surface area contributed by atoms with Gasteiger partial charge in [0, 0.05) is 21.6 Å². The molecule has 0 aliphatic rings. The van der Waals surface area contributed by atoms with Crippen molar-refractivity contribution in [1.82, 2.24) is 9.55 Å². The third-order valence-corrected chi connectivity index (χ3v) is 7.34. The number of hydrogen-bond acceptors (Lipinski definition) is 4. The molecule has 2 aromatic carbocycles. The molecule has 3 nitrogen and oxygen atoms in total. The molecule has 0 aliphatic heterocycles. The van der Waals surface area contributed by atoms with Gasteiger partial charge in [0.2, 0.25) is 0 Å². The van der Waals surface area contributed by atoms with E-state index in [1.165, 1.54) is 22.5 Å². The number of nitrogens with zero attached hydrogens (tertiary/aromatic N) is 2. The molecule has 0 unspecified atom stereocenters. The van der Waals surface area contributed by atoms with E-state index in [0.29, 0.717) is 6.54 Å². The molecule has 0 radical (unpaired) electrons. The van der Waals surface area contributed by atoms with E-state index in [0.717, 1.165) is 42.5 Å². The highest BCUT2D eigenvalue weighted by molar-refractivity contribution is 9.10. The van der Waals surface area contributed by atoms with Gasteiger partial charge in [-0.15, -0.1) is 11.3 Å². The predicted octanol–water partition coefficient (Wildman–Crippen LogP) is 6.90. The zero-order chi connectivity index (χ0) is 20.4. The molecule has 148 valence electrons. The van der Waals surface area contributed by atoms with Crippen molar-refractivity contribution in [3.63, 3.8) is 0 Å². The van der Waals surface area contributed by atoms with Gasteiger partial charge in [0.05, 0.1) is 5.52 Å². The molecule has 0 saturated heterocycles. The Labute approximate surface area is 186 Å². The van der Waals surface area contributed by atoms with Gasteiger partial charge in [0.1, 0.15) is 4.70 Å². The van der Waals surface area contributed by atoms with E-state index in [2.05, 4.69) is 66.2 Å². The van der Waals surface area contributed by atoms with Crippen molar-refractivity contribution in [2.45, 2.75) is 37.7 Å². The summed E-state index contributed by atoms with van der Waals surface area (Å²) in [5.74, 6) is 0.774. The molecule has 4 rings (SSSR count). The van der Waals surface area contributed by atoms with Crippen molar-refractivity contribution in [3.8, 4) is 10.4 Å². The van der Waals surface area contributed by atoms with Crippen LogP contribution in [0.1, 0.15) is 24.5 Å². The normalized spacial score (nSPS) is 11.3. The molecule has 0 amide bonds. The Morgan fingerprint density at radius 1 is 1.14 bits per heavy atom. The van der Waals surface area contributed by atoms with E-state index < -0.39 is 0 Å². The van der Waals surface area contributed by atoms with Gasteiger partial charge >= 0.3 is 0 Å². The number of aryl methyl sites for hydroxylation is 1. The zero-order valence-electron chi connectivity index (χ0n) is 16.3. The van der Waals surface area contributed by atoms with Gasteiger partial charge in [0.25, 0.3) is 5.56 Å². The van der Waals surface area contributed by atoms with Crippen LogP contribution in [0.2, 0.25) is 0 Å². The second kappa shape index (κ2) is 8.86. The van der Waals surface area contributed by atoms with Crippen LogP contribution in [0.25, 0.3) is 20.7 Å². The molecule has 4 aromatic rings. The van der Waals surface area contributed by atoms with E-state index in [1.807, 2.05) is 22.8 Å². The lowest BCUT2D eigenvalue weighted by Gasteiger charge is -2.11. The van der Waals surface area contributed by atoms with Gasteiger partial charge in [0.15, 0.2) is 5.16 Å². The number of hydrogen-bond donors (Lipinski definition) is 0. The first-order valence-corrected chi connectivity index (χ1v) is 12.1. The largest absolute Gasteiger partial charge is 0.286 e. The summed E-state index contributed by atoms with van der Waals surface area (Å²) in [5, 5.41) is 0.789. The highest BCUT2D eigenvalue weighted by Gasteiger charge is 2.15. The summed E-state index contributed by atoms with van der Waals surface area (Å²) in [7, 11) is 0. The fourth-order valence-corrected chi connectivity index (χ4v) is 5.62. The minimum absolute atomic E-state index is 0.0666. The van der Waals surface area contributed by atoms with Crippen LogP contribution in [-0.4, -0.2) is 9.55 Å². The Hall–Kier alpha value is -1.89. The highest BCUT2D eigenvalue weighted by atomic mass is 79.9. The number of fused-ring (bicyclic) bond motifs is 1. The first kappa shape index (κ1) is 20.4. The second-order valence-electron chi connectivity index (χ2n) is 6.96. The average Bonchev–Trinajstić information content (AvgIpc) is 3.14. The molecule has 0 fully saturated rings. The van der Waals surface area contributed by atoms with Crippen molar-refractivity contribution in [1.29, 1.82) is 0 Å². The fraction of sp³-hybridized carbons (Fsp3) is 0.217. The van der Waals surface area contributed by atoms with Crippen molar-refractivity contribution in [2.24, 2.45) is 0 Å². The summed E-state index contributed by atoms with van der Waals surface area (Å²) >= 11 is 6.68. The highest BCUT2D eigenvalue weighted by Crippen LogP contribution is 2.33. The second-order valence-corrected chi connectivity index (χ2v) is 9.87. The number of benzene rings is 2. The maximum absolute atomic E-state index is 13.2. The van der Waals surface area contributed by atoms with E-state index in [-0.39, 0.29) is 5.56 Å². The molecule has 0 atom stereocenters. The molecule has 6 heteroatoms. The summed E-state index contributed by atoms with van der Waals surface area (Å²) in [6.45, 7) is 4.85. The van der Waals surface area contributed by atoms with Crippen LogP contribution < -0.4 is 5.56 Å². The van der Waals surface area contributed by atoms with Crippen LogP contribution in [0, 0.1) is 6.92 Å². The molecular formula is C23H21BrN2OS2. The Balaban J connectivity index is 1.73. The lowest BCUT2D eigenvalue weighted by molar-refractivity contribution is 0.585. The smallest absolute Gasteiger partial charge is 0.272 e.